The van der Waals surface area contributed by atoms with Gasteiger partial charge in [0.1, 0.15) is 0 Å². The molecule has 0 saturated carbocycles. The molecule has 1 rings (SSSR count). The minimum absolute atomic E-state index is 0.146. The zero-order valence-corrected chi connectivity index (χ0v) is 11.7. The van der Waals surface area contributed by atoms with Crippen molar-refractivity contribution in [1.82, 2.24) is 0 Å². The SMILES string of the molecule is COCCN(C)c1ccc(/C(N)=N/O)c(Br)c1F. The summed E-state index contributed by atoms with van der Waals surface area (Å²) in [5, 5.41) is 11.4. The highest BCUT2D eigenvalue weighted by Crippen LogP contribution is 2.28. The van der Waals surface area contributed by atoms with Crippen molar-refractivity contribution in [3.63, 3.8) is 0 Å². The van der Waals surface area contributed by atoms with E-state index in [4.69, 9.17) is 15.7 Å². The predicted octanol–water partition coefficient (Wildman–Crippen LogP) is 1.77. The number of nitrogens with zero attached hydrogens (tertiary/aromatic N) is 2. The van der Waals surface area contributed by atoms with Crippen molar-refractivity contribution in [2.75, 3.05) is 32.2 Å². The Hall–Kier alpha value is -1.34. The largest absolute Gasteiger partial charge is 0.409 e. The number of nitrogens with two attached hydrogens (primary N) is 1. The van der Waals surface area contributed by atoms with Crippen molar-refractivity contribution in [1.29, 1.82) is 0 Å². The molecule has 0 aromatic heterocycles. The Morgan fingerprint density at radius 3 is 2.83 bits per heavy atom. The lowest BCUT2D eigenvalue weighted by atomic mass is 10.1. The van der Waals surface area contributed by atoms with Gasteiger partial charge in [0.05, 0.1) is 16.8 Å². The Morgan fingerprint density at radius 2 is 2.28 bits per heavy atom. The van der Waals surface area contributed by atoms with Gasteiger partial charge >= 0.3 is 0 Å². The average Bonchev–Trinajstić information content (AvgIpc) is 2.38. The lowest BCUT2D eigenvalue weighted by molar-refractivity contribution is 0.206. The summed E-state index contributed by atoms with van der Waals surface area (Å²) in [6.07, 6.45) is 0. The molecule has 0 radical (unpaired) electrons. The Balaban J connectivity index is 3.08. The van der Waals surface area contributed by atoms with Crippen LogP contribution in [0.4, 0.5) is 10.1 Å². The molecule has 0 aliphatic rings. The molecule has 18 heavy (non-hydrogen) atoms. The van der Waals surface area contributed by atoms with Gasteiger partial charge in [-0.1, -0.05) is 5.16 Å². The maximum absolute atomic E-state index is 14.1. The third kappa shape index (κ3) is 3.11. The second-order valence-electron chi connectivity index (χ2n) is 3.66. The molecular formula is C11H15BrFN3O2. The van der Waals surface area contributed by atoms with Gasteiger partial charge in [-0.05, 0) is 28.1 Å². The quantitative estimate of drug-likeness (QED) is 0.375. The number of anilines is 1. The lowest BCUT2D eigenvalue weighted by Crippen LogP contribution is -2.24. The Bertz CT molecular complexity index is 454. The van der Waals surface area contributed by atoms with Crippen molar-refractivity contribution in [3.05, 3.63) is 28.0 Å². The average molecular weight is 320 g/mol. The van der Waals surface area contributed by atoms with Crippen LogP contribution in [0.15, 0.2) is 21.8 Å². The Kier molecular flexibility index (Phi) is 5.36. The molecule has 0 aliphatic carbocycles. The zero-order chi connectivity index (χ0) is 13.7. The van der Waals surface area contributed by atoms with E-state index in [1.807, 2.05) is 0 Å². The molecule has 7 heteroatoms. The van der Waals surface area contributed by atoms with Crippen LogP contribution in [0.1, 0.15) is 5.56 Å². The van der Waals surface area contributed by atoms with Crippen LogP contribution in [0, 0.1) is 5.82 Å². The topological polar surface area (TPSA) is 71.1 Å². The molecule has 0 spiro atoms. The smallest absolute Gasteiger partial charge is 0.171 e. The van der Waals surface area contributed by atoms with E-state index < -0.39 is 5.82 Å². The Morgan fingerprint density at radius 1 is 1.61 bits per heavy atom. The molecule has 0 heterocycles. The van der Waals surface area contributed by atoms with Gasteiger partial charge in [0.15, 0.2) is 11.7 Å². The van der Waals surface area contributed by atoms with Crippen molar-refractivity contribution in [2.45, 2.75) is 0 Å². The molecule has 0 amide bonds. The van der Waals surface area contributed by atoms with Crippen LogP contribution in [-0.4, -0.2) is 38.4 Å². The minimum Gasteiger partial charge on any atom is -0.409 e. The second kappa shape index (κ2) is 6.55. The molecule has 0 unspecified atom stereocenters. The minimum atomic E-state index is -0.460. The zero-order valence-electron chi connectivity index (χ0n) is 10.2. The Labute approximate surface area is 113 Å². The van der Waals surface area contributed by atoms with E-state index in [2.05, 4.69) is 21.1 Å². The first-order valence-electron chi connectivity index (χ1n) is 5.18. The number of oxime groups is 1. The molecule has 0 atom stereocenters. The van der Waals surface area contributed by atoms with Crippen LogP contribution >= 0.6 is 15.9 Å². The number of methoxy groups -OCH3 is 1. The van der Waals surface area contributed by atoms with Gasteiger partial charge in [-0.25, -0.2) is 4.39 Å². The van der Waals surface area contributed by atoms with Crippen molar-refractivity contribution >= 4 is 27.5 Å². The highest BCUT2D eigenvalue weighted by Gasteiger charge is 2.16. The highest BCUT2D eigenvalue weighted by atomic mass is 79.9. The maximum atomic E-state index is 14.1. The third-order valence-electron chi connectivity index (χ3n) is 2.49. The molecular weight excluding hydrogens is 305 g/mol. The van der Waals surface area contributed by atoms with Crippen LogP contribution in [0.2, 0.25) is 0 Å². The van der Waals surface area contributed by atoms with Gasteiger partial charge in [-0.2, -0.15) is 0 Å². The van der Waals surface area contributed by atoms with E-state index >= 15 is 0 Å². The number of benzene rings is 1. The summed E-state index contributed by atoms with van der Waals surface area (Å²) in [6.45, 7) is 1.05. The summed E-state index contributed by atoms with van der Waals surface area (Å²) in [5.41, 5.74) is 6.16. The van der Waals surface area contributed by atoms with Crippen LogP contribution in [0.3, 0.4) is 0 Å². The number of hydrogen-bond acceptors (Lipinski definition) is 4. The van der Waals surface area contributed by atoms with Gasteiger partial charge in [0.25, 0.3) is 0 Å². The van der Waals surface area contributed by atoms with Gasteiger partial charge < -0.3 is 20.6 Å². The normalized spacial score (nSPS) is 11.7. The fourth-order valence-corrected chi connectivity index (χ4v) is 1.97. The predicted molar refractivity (Wildman–Crippen MR) is 71.8 cm³/mol. The molecule has 0 aliphatic heterocycles. The van der Waals surface area contributed by atoms with Crippen molar-refractivity contribution in [2.24, 2.45) is 10.9 Å². The van der Waals surface area contributed by atoms with E-state index in [9.17, 15) is 4.39 Å². The first-order valence-corrected chi connectivity index (χ1v) is 5.98. The van der Waals surface area contributed by atoms with Crippen LogP contribution < -0.4 is 10.6 Å². The fraction of sp³-hybridized carbons (Fsp3) is 0.364. The fourth-order valence-electron chi connectivity index (χ4n) is 1.43. The van der Waals surface area contributed by atoms with E-state index in [1.165, 1.54) is 0 Å². The van der Waals surface area contributed by atoms with E-state index in [-0.39, 0.29) is 10.3 Å². The number of ether oxygens (including phenoxy) is 1. The van der Waals surface area contributed by atoms with Crippen molar-refractivity contribution < 1.29 is 14.3 Å². The van der Waals surface area contributed by atoms with Gasteiger partial charge in [0.2, 0.25) is 0 Å². The van der Waals surface area contributed by atoms with Gasteiger partial charge in [-0.15, -0.1) is 0 Å². The summed E-state index contributed by atoms with van der Waals surface area (Å²) in [7, 11) is 3.34. The molecule has 100 valence electrons. The molecule has 0 saturated heterocycles. The van der Waals surface area contributed by atoms with Gasteiger partial charge in [0, 0.05) is 26.3 Å². The number of halogens is 2. The molecule has 1 aromatic rings. The molecule has 0 fully saturated rings. The number of hydrogen-bond donors (Lipinski definition) is 2. The molecule has 0 bridgehead atoms. The summed E-state index contributed by atoms with van der Waals surface area (Å²) in [4.78, 5) is 1.72. The third-order valence-corrected chi connectivity index (χ3v) is 3.26. The first-order chi connectivity index (χ1) is 8.52. The number of likely N-dealkylation sites (N-methyl/N-ethyl adjacent to an activating group) is 1. The highest BCUT2D eigenvalue weighted by molar-refractivity contribution is 9.10. The summed E-state index contributed by atoms with van der Waals surface area (Å²) in [5.74, 6) is -0.607. The molecule has 1 aromatic carbocycles. The van der Waals surface area contributed by atoms with E-state index in [0.717, 1.165) is 0 Å². The maximum Gasteiger partial charge on any atom is 0.171 e. The van der Waals surface area contributed by atoms with Gasteiger partial charge in [-0.3, -0.25) is 0 Å². The monoisotopic (exact) mass is 319 g/mol. The summed E-state index contributed by atoms with van der Waals surface area (Å²) >= 11 is 3.10. The molecule has 5 nitrogen and oxygen atoms in total. The van der Waals surface area contributed by atoms with E-state index in [0.29, 0.717) is 24.4 Å². The van der Waals surface area contributed by atoms with Crippen LogP contribution in [-0.2, 0) is 4.74 Å². The lowest BCUT2D eigenvalue weighted by Gasteiger charge is -2.20. The number of rotatable bonds is 5. The van der Waals surface area contributed by atoms with Crippen LogP contribution in [0.5, 0.6) is 0 Å². The summed E-state index contributed by atoms with van der Waals surface area (Å²) < 4.78 is 19.2. The van der Waals surface area contributed by atoms with Crippen LogP contribution in [0.25, 0.3) is 0 Å². The van der Waals surface area contributed by atoms with E-state index in [1.54, 1.807) is 31.2 Å². The van der Waals surface area contributed by atoms with Crippen molar-refractivity contribution in [3.8, 4) is 0 Å². The number of amidine groups is 1. The standard InChI is InChI=1S/C11H15BrFN3O2/c1-16(5-6-18-2)8-4-3-7(11(14)15-17)9(12)10(8)13/h3-4,17H,5-6H2,1-2H3,(H2,14,15). The first kappa shape index (κ1) is 14.7. The summed E-state index contributed by atoms with van der Waals surface area (Å²) in [6, 6.07) is 3.16. The second-order valence-corrected chi connectivity index (χ2v) is 4.45. The molecule has 3 N–H and O–H groups in total.